The molecule has 1 unspecified atom stereocenters. The summed E-state index contributed by atoms with van der Waals surface area (Å²) >= 11 is 0. The molecule has 0 amide bonds. The molecule has 86 valence electrons. The first-order chi connectivity index (χ1) is 8.78. The summed E-state index contributed by atoms with van der Waals surface area (Å²) in [5.74, 6) is 0.217. The molecule has 1 fully saturated rings. The molecule has 0 aromatic heterocycles. The van der Waals surface area contributed by atoms with Gasteiger partial charge < -0.3 is 10.1 Å². The van der Waals surface area contributed by atoms with E-state index in [1.54, 1.807) is 36.4 Å². The van der Waals surface area contributed by atoms with E-state index >= 15 is 0 Å². The van der Waals surface area contributed by atoms with Crippen molar-refractivity contribution >= 4 is 0 Å². The Labute approximate surface area is 104 Å². The average molecular weight is 236 g/mol. The summed E-state index contributed by atoms with van der Waals surface area (Å²) in [5, 5.41) is 29.0. The van der Waals surface area contributed by atoms with Crippen molar-refractivity contribution in [3.63, 3.8) is 0 Å². The Morgan fingerprint density at radius 2 is 1.83 bits per heavy atom. The zero-order chi connectivity index (χ0) is 13.0. The van der Waals surface area contributed by atoms with Crippen molar-refractivity contribution in [1.82, 2.24) is 5.32 Å². The standard InChI is InChI=1S/C13H8N4O/c14-5-9-1-3-10(4-2-9)12-8-17-13(18-12)11(6-15)7-16/h1-4,12,17H,8H2. The van der Waals surface area contributed by atoms with Gasteiger partial charge in [0.1, 0.15) is 18.2 Å². The van der Waals surface area contributed by atoms with Crippen LogP contribution in [0, 0.1) is 34.0 Å². The van der Waals surface area contributed by atoms with Gasteiger partial charge in [-0.1, -0.05) is 12.1 Å². The van der Waals surface area contributed by atoms with Crippen molar-refractivity contribution < 1.29 is 4.74 Å². The molecule has 1 aliphatic heterocycles. The van der Waals surface area contributed by atoms with Crippen LogP contribution in [0.4, 0.5) is 0 Å². The van der Waals surface area contributed by atoms with Crippen LogP contribution >= 0.6 is 0 Å². The van der Waals surface area contributed by atoms with Gasteiger partial charge in [-0.3, -0.25) is 0 Å². The van der Waals surface area contributed by atoms with Gasteiger partial charge in [0.15, 0.2) is 5.57 Å². The van der Waals surface area contributed by atoms with Gasteiger partial charge in [0.2, 0.25) is 5.88 Å². The summed E-state index contributed by atoms with van der Waals surface area (Å²) in [4.78, 5) is 0. The summed E-state index contributed by atoms with van der Waals surface area (Å²) in [6.07, 6.45) is -0.246. The number of hydrogen-bond donors (Lipinski definition) is 1. The fraction of sp³-hybridized carbons (Fsp3) is 0.154. The van der Waals surface area contributed by atoms with E-state index in [1.165, 1.54) is 0 Å². The van der Waals surface area contributed by atoms with E-state index in [0.29, 0.717) is 12.1 Å². The molecule has 1 atom stereocenters. The lowest BCUT2D eigenvalue weighted by Gasteiger charge is -2.08. The van der Waals surface area contributed by atoms with E-state index in [2.05, 4.69) is 5.32 Å². The highest BCUT2D eigenvalue weighted by Gasteiger charge is 2.24. The maximum atomic E-state index is 8.73. The minimum Gasteiger partial charge on any atom is -0.468 e. The molecule has 1 heterocycles. The second kappa shape index (κ2) is 4.91. The van der Waals surface area contributed by atoms with Gasteiger partial charge >= 0.3 is 0 Å². The topological polar surface area (TPSA) is 92.6 Å². The van der Waals surface area contributed by atoms with Crippen molar-refractivity contribution in [2.24, 2.45) is 0 Å². The number of nitrogens with one attached hydrogen (secondary N) is 1. The van der Waals surface area contributed by atoms with Gasteiger partial charge in [0.25, 0.3) is 0 Å². The zero-order valence-electron chi connectivity index (χ0n) is 9.34. The fourth-order valence-electron chi connectivity index (χ4n) is 1.64. The van der Waals surface area contributed by atoms with Crippen LogP contribution in [0.3, 0.4) is 0 Å². The zero-order valence-corrected chi connectivity index (χ0v) is 9.34. The lowest BCUT2D eigenvalue weighted by molar-refractivity contribution is 0.169. The van der Waals surface area contributed by atoms with Gasteiger partial charge in [-0.15, -0.1) is 0 Å². The van der Waals surface area contributed by atoms with Crippen LogP contribution in [0.5, 0.6) is 0 Å². The van der Waals surface area contributed by atoms with Gasteiger partial charge in [0.05, 0.1) is 18.2 Å². The molecule has 0 radical (unpaired) electrons. The fourth-order valence-corrected chi connectivity index (χ4v) is 1.64. The molecule has 5 heteroatoms. The van der Waals surface area contributed by atoms with Gasteiger partial charge in [0, 0.05) is 0 Å². The highest BCUT2D eigenvalue weighted by atomic mass is 16.5. The number of hydrogen-bond acceptors (Lipinski definition) is 5. The van der Waals surface area contributed by atoms with Crippen molar-refractivity contribution in [1.29, 1.82) is 15.8 Å². The third-order valence-electron chi connectivity index (χ3n) is 2.57. The van der Waals surface area contributed by atoms with E-state index in [9.17, 15) is 0 Å². The molecule has 0 saturated carbocycles. The van der Waals surface area contributed by atoms with Crippen LogP contribution in [0.25, 0.3) is 0 Å². The minimum atomic E-state index is -0.246. The quantitative estimate of drug-likeness (QED) is 0.745. The molecular formula is C13H8N4O. The summed E-state index contributed by atoms with van der Waals surface area (Å²) < 4.78 is 5.51. The van der Waals surface area contributed by atoms with E-state index < -0.39 is 0 Å². The van der Waals surface area contributed by atoms with E-state index in [0.717, 1.165) is 5.56 Å². The van der Waals surface area contributed by atoms with Crippen molar-refractivity contribution in [2.75, 3.05) is 6.54 Å². The second-order valence-electron chi connectivity index (χ2n) is 3.65. The minimum absolute atomic E-state index is 0.0638. The Hall–Kier alpha value is -2.97. The molecule has 1 aromatic carbocycles. The molecule has 5 nitrogen and oxygen atoms in total. The summed E-state index contributed by atoms with van der Waals surface area (Å²) in [5.41, 5.74) is 1.41. The van der Waals surface area contributed by atoms with Crippen LogP contribution < -0.4 is 5.32 Å². The Balaban J connectivity index is 2.19. The maximum absolute atomic E-state index is 8.73. The Kier molecular flexibility index (Phi) is 3.14. The highest BCUT2D eigenvalue weighted by Crippen LogP contribution is 2.25. The Bertz CT molecular complexity index is 594. The van der Waals surface area contributed by atoms with Crippen molar-refractivity contribution in [2.45, 2.75) is 6.10 Å². The summed E-state index contributed by atoms with van der Waals surface area (Å²) in [6.45, 7) is 0.494. The first kappa shape index (κ1) is 11.5. The molecule has 2 rings (SSSR count). The predicted octanol–water partition coefficient (Wildman–Crippen LogP) is 1.48. The number of ether oxygens (including phenoxy) is 1. The predicted molar refractivity (Wildman–Crippen MR) is 61.2 cm³/mol. The number of nitriles is 3. The molecule has 1 N–H and O–H groups in total. The number of nitrogens with zero attached hydrogens (tertiary/aromatic N) is 3. The van der Waals surface area contributed by atoms with E-state index in [1.807, 2.05) is 6.07 Å². The van der Waals surface area contributed by atoms with E-state index in [-0.39, 0.29) is 17.6 Å². The molecule has 1 saturated heterocycles. The second-order valence-corrected chi connectivity index (χ2v) is 3.65. The molecule has 1 aromatic rings. The average Bonchev–Trinajstić information content (AvgIpc) is 2.90. The number of rotatable bonds is 1. The number of allylic oxidation sites excluding steroid dienone is 1. The van der Waals surface area contributed by atoms with Crippen LogP contribution in [0.15, 0.2) is 35.7 Å². The first-order valence-corrected chi connectivity index (χ1v) is 5.23. The third kappa shape index (κ3) is 2.09. The first-order valence-electron chi connectivity index (χ1n) is 5.23. The van der Waals surface area contributed by atoms with Crippen molar-refractivity contribution in [3.8, 4) is 18.2 Å². The van der Waals surface area contributed by atoms with E-state index in [4.69, 9.17) is 20.5 Å². The molecular weight excluding hydrogens is 228 g/mol. The van der Waals surface area contributed by atoms with Gasteiger partial charge in [-0.05, 0) is 17.7 Å². The smallest absolute Gasteiger partial charge is 0.217 e. The summed E-state index contributed by atoms with van der Waals surface area (Å²) in [7, 11) is 0. The van der Waals surface area contributed by atoms with Gasteiger partial charge in [-0.25, -0.2) is 0 Å². The highest BCUT2D eigenvalue weighted by molar-refractivity contribution is 5.39. The molecule has 1 aliphatic rings. The molecule has 0 aliphatic carbocycles. The summed E-state index contributed by atoms with van der Waals surface area (Å²) in [6, 6.07) is 12.6. The molecule has 18 heavy (non-hydrogen) atoms. The monoisotopic (exact) mass is 236 g/mol. The Morgan fingerprint density at radius 1 is 1.17 bits per heavy atom. The van der Waals surface area contributed by atoms with Crippen LogP contribution in [-0.4, -0.2) is 6.54 Å². The van der Waals surface area contributed by atoms with Gasteiger partial charge in [-0.2, -0.15) is 15.8 Å². The molecule has 0 spiro atoms. The lowest BCUT2D eigenvalue weighted by Crippen LogP contribution is -2.08. The SMILES string of the molecule is N#CC(C#N)=C1NCC(c2ccc(C#N)cc2)O1. The third-order valence-corrected chi connectivity index (χ3v) is 2.57. The van der Waals surface area contributed by atoms with Crippen molar-refractivity contribution in [3.05, 3.63) is 46.8 Å². The van der Waals surface area contributed by atoms with Crippen LogP contribution in [0.2, 0.25) is 0 Å². The van der Waals surface area contributed by atoms with Crippen LogP contribution in [0.1, 0.15) is 17.2 Å². The normalized spacial score (nSPS) is 16.7. The Morgan fingerprint density at radius 3 is 2.39 bits per heavy atom. The molecule has 0 bridgehead atoms. The largest absolute Gasteiger partial charge is 0.468 e. The van der Waals surface area contributed by atoms with Crippen LogP contribution in [-0.2, 0) is 4.74 Å². The lowest BCUT2D eigenvalue weighted by atomic mass is 10.1. The maximum Gasteiger partial charge on any atom is 0.217 e. The number of benzene rings is 1.